The molecule has 0 bridgehead atoms. The Balaban J connectivity index is 0.956. The van der Waals surface area contributed by atoms with E-state index in [9.17, 15) is 0 Å². The Hall–Kier alpha value is -7.94. The van der Waals surface area contributed by atoms with E-state index < -0.39 is 0 Å². The van der Waals surface area contributed by atoms with Crippen molar-refractivity contribution in [2.45, 2.75) is 37.5 Å². The second kappa shape index (κ2) is 15.6. The normalized spacial score (nSPS) is 13.9. The predicted molar refractivity (Wildman–Crippen MR) is 276 cm³/mol. The molecule has 1 saturated carbocycles. The Labute approximate surface area is 385 Å². The molecule has 0 atom stereocenters. The average Bonchev–Trinajstić information content (AvgIpc) is 3.65. The van der Waals surface area contributed by atoms with Gasteiger partial charge in [-0.1, -0.05) is 219 Å². The van der Waals surface area contributed by atoms with Gasteiger partial charge in [-0.3, -0.25) is 0 Å². The van der Waals surface area contributed by atoms with Crippen molar-refractivity contribution < 1.29 is 0 Å². The topological polar surface area (TPSA) is 25.8 Å². The fraction of sp³-hybridized carbons (Fsp3) is 0.0938. The largest absolute Gasteiger partial charge is 0.228 e. The summed E-state index contributed by atoms with van der Waals surface area (Å²) in [5.41, 5.74) is 18.3. The molecule has 0 saturated heterocycles. The first-order valence-corrected chi connectivity index (χ1v) is 23.5. The minimum atomic E-state index is 0.0511. The average molecular weight is 843 g/mol. The first kappa shape index (κ1) is 38.5. The van der Waals surface area contributed by atoms with Gasteiger partial charge in [-0.25, -0.2) is 9.97 Å². The Kier molecular flexibility index (Phi) is 9.13. The fourth-order valence-electron chi connectivity index (χ4n) is 11.6. The molecule has 0 aliphatic heterocycles. The van der Waals surface area contributed by atoms with Gasteiger partial charge in [0.1, 0.15) is 0 Å². The zero-order valence-electron chi connectivity index (χ0n) is 36.7. The Morgan fingerprint density at radius 2 is 0.788 bits per heavy atom. The van der Waals surface area contributed by atoms with Crippen LogP contribution in [-0.2, 0) is 5.41 Å². The minimum Gasteiger partial charge on any atom is -0.228 e. The third kappa shape index (κ3) is 6.24. The molecule has 1 fully saturated rings. The van der Waals surface area contributed by atoms with Crippen molar-refractivity contribution in [3.63, 3.8) is 0 Å². The van der Waals surface area contributed by atoms with E-state index in [1.165, 1.54) is 120 Å². The van der Waals surface area contributed by atoms with Gasteiger partial charge in [0.15, 0.2) is 5.82 Å². The summed E-state index contributed by atoms with van der Waals surface area (Å²) in [7, 11) is 0. The summed E-state index contributed by atoms with van der Waals surface area (Å²) in [6.07, 6.45) is 6.26. The highest BCUT2D eigenvalue weighted by molar-refractivity contribution is 6.23. The fourth-order valence-corrected chi connectivity index (χ4v) is 11.6. The molecular weight excluding hydrogens is 797 g/mol. The standard InChI is InChI=1S/C64H46N2/c1-4-17-42(18-5-1)43-29-31-44(32-30-43)58-41-59(66-63(65-58)47-19-6-2-7-20-47)45-33-35-46(36-34-45)60-50-23-10-12-25-52(50)61(53-26-13-11-24-51(53)60)54-27-16-28-56-62(54)55-39-48-21-8-9-22-49(48)40-57(55)64(56)37-14-3-15-38-64/h1-2,4-13,16-36,39-41H,3,14-15,37-38H2. The van der Waals surface area contributed by atoms with Gasteiger partial charge in [0, 0.05) is 22.1 Å². The molecule has 0 amide bonds. The molecule has 13 rings (SSSR count). The van der Waals surface area contributed by atoms with E-state index in [2.05, 4.69) is 200 Å². The van der Waals surface area contributed by atoms with Crippen LogP contribution >= 0.6 is 0 Å². The van der Waals surface area contributed by atoms with Gasteiger partial charge in [-0.05, 0) is 119 Å². The molecule has 10 aromatic carbocycles. The van der Waals surface area contributed by atoms with Gasteiger partial charge >= 0.3 is 0 Å². The Bertz CT molecular complexity index is 3580. The summed E-state index contributed by atoms with van der Waals surface area (Å²) < 4.78 is 0. The van der Waals surface area contributed by atoms with Crippen LogP contribution in [0.2, 0.25) is 0 Å². The quantitative estimate of drug-likeness (QED) is 0.156. The van der Waals surface area contributed by atoms with Crippen LogP contribution in [0.4, 0.5) is 0 Å². The lowest BCUT2D eigenvalue weighted by atomic mass is 9.67. The van der Waals surface area contributed by atoms with E-state index in [1.807, 2.05) is 18.2 Å². The summed E-state index contributed by atoms with van der Waals surface area (Å²) in [5.74, 6) is 0.713. The molecule has 2 nitrogen and oxygen atoms in total. The van der Waals surface area contributed by atoms with Crippen LogP contribution in [0.15, 0.2) is 218 Å². The zero-order chi connectivity index (χ0) is 43.6. The maximum absolute atomic E-state index is 5.19. The van der Waals surface area contributed by atoms with E-state index in [4.69, 9.17) is 9.97 Å². The molecule has 1 spiro atoms. The summed E-state index contributed by atoms with van der Waals surface area (Å²) in [5, 5.41) is 7.73. The van der Waals surface area contributed by atoms with Gasteiger partial charge in [0.05, 0.1) is 11.4 Å². The molecule has 1 heterocycles. The number of hydrogen-bond donors (Lipinski definition) is 0. The predicted octanol–water partition coefficient (Wildman–Crippen LogP) is 17.2. The smallest absolute Gasteiger partial charge is 0.160 e. The lowest BCUT2D eigenvalue weighted by molar-refractivity contribution is 0.353. The van der Waals surface area contributed by atoms with Crippen molar-refractivity contribution >= 4 is 32.3 Å². The summed E-state index contributed by atoms with van der Waals surface area (Å²) in [6.45, 7) is 0. The molecule has 0 radical (unpaired) electrons. The number of nitrogens with zero attached hydrogens (tertiary/aromatic N) is 2. The highest BCUT2D eigenvalue weighted by Crippen LogP contribution is 2.59. The number of hydrogen-bond acceptors (Lipinski definition) is 2. The van der Waals surface area contributed by atoms with Crippen LogP contribution in [0.3, 0.4) is 0 Å². The van der Waals surface area contributed by atoms with Crippen LogP contribution in [0, 0.1) is 0 Å². The molecule has 66 heavy (non-hydrogen) atoms. The maximum atomic E-state index is 5.19. The van der Waals surface area contributed by atoms with Gasteiger partial charge < -0.3 is 0 Å². The van der Waals surface area contributed by atoms with Crippen LogP contribution in [-0.4, -0.2) is 9.97 Å². The van der Waals surface area contributed by atoms with Crippen molar-refractivity contribution in [2.75, 3.05) is 0 Å². The first-order chi connectivity index (χ1) is 32.7. The van der Waals surface area contributed by atoms with Gasteiger partial charge in [0.2, 0.25) is 0 Å². The lowest BCUT2D eigenvalue weighted by Crippen LogP contribution is -2.28. The van der Waals surface area contributed by atoms with E-state index >= 15 is 0 Å². The maximum Gasteiger partial charge on any atom is 0.160 e. The lowest BCUT2D eigenvalue weighted by Gasteiger charge is -2.36. The van der Waals surface area contributed by atoms with Crippen LogP contribution in [0.5, 0.6) is 0 Å². The molecular formula is C64H46N2. The molecule has 0 N–H and O–H groups in total. The minimum absolute atomic E-state index is 0.0511. The Morgan fingerprint density at radius 3 is 1.39 bits per heavy atom. The van der Waals surface area contributed by atoms with E-state index in [1.54, 1.807) is 0 Å². The highest BCUT2D eigenvalue weighted by Gasteiger charge is 2.45. The van der Waals surface area contributed by atoms with Crippen LogP contribution in [0.25, 0.3) is 111 Å². The van der Waals surface area contributed by atoms with Crippen molar-refractivity contribution in [3.8, 4) is 78.4 Å². The van der Waals surface area contributed by atoms with Crippen molar-refractivity contribution in [1.29, 1.82) is 0 Å². The number of benzene rings is 10. The van der Waals surface area contributed by atoms with Crippen molar-refractivity contribution in [1.82, 2.24) is 9.97 Å². The van der Waals surface area contributed by atoms with Crippen molar-refractivity contribution in [3.05, 3.63) is 230 Å². The summed E-state index contributed by atoms with van der Waals surface area (Å²) >= 11 is 0. The van der Waals surface area contributed by atoms with Gasteiger partial charge in [-0.2, -0.15) is 0 Å². The first-order valence-electron chi connectivity index (χ1n) is 23.5. The molecule has 2 heteroatoms. The molecule has 11 aromatic rings. The van der Waals surface area contributed by atoms with Crippen molar-refractivity contribution in [2.24, 2.45) is 0 Å². The monoisotopic (exact) mass is 842 g/mol. The zero-order valence-corrected chi connectivity index (χ0v) is 36.7. The summed E-state index contributed by atoms with van der Waals surface area (Å²) in [4.78, 5) is 10.3. The number of fused-ring (bicyclic) bond motifs is 8. The summed E-state index contributed by atoms with van der Waals surface area (Å²) in [6, 6.07) is 80.1. The molecule has 0 unspecified atom stereocenters. The number of rotatable bonds is 6. The molecule has 2 aliphatic carbocycles. The molecule has 2 aliphatic rings. The highest BCUT2D eigenvalue weighted by atomic mass is 14.9. The van der Waals surface area contributed by atoms with E-state index in [-0.39, 0.29) is 5.41 Å². The number of aromatic nitrogens is 2. The second-order valence-corrected chi connectivity index (χ2v) is 18.3. The van der Waals surface area contributed by atoms with E-state index in [0.717, 1.165) is 28.1 Å². The van der Waals surface area contributed by atoms with Gasteiger partial charge in [-0.15, -0.1) is 0 Å². The Morgan fingerprint density at radius 1 is 0.303 bits per heavy atom. The van der Waals surface area contributed by atoms with E-state index in [0.29, 0.717) is 5.82 Å². The SMILES string of the molecule is c1ccc(-c2ccc(-c3cc(-c4ccc(-c5c6ccccc6c(-c6cccc7c6-c6cc8ccccc8cc6C76CCCCC6)c6ccccc56)cc4)nc(-c4ccccc4)n3)cc2)cc1. The third-order valence-electron chi connectivity index (χ3n) is 14.7. The second-order valence-electron chi connectivity index (χ2n) is 18.3. The van der Waals surface area contributed by atoms with Crippen LogP contribution in [0.1, 0.15) is 43.2 Å². The molecule has 312 valence electrons. The van der Waals surface area contributed by atoms with Crippen LogP contribution < -0.4 is 0 Å². The van der Waals surface area contributed by atoms with Gasteiger partial charge in [0.25, 0.3) is 0 Å². The molecule has 1 aromatic heterocycles. The third-order valence-corrected chi connectivity index (χ3v) is 14.7.